The zero-order chi connectivity index (χ0) is 22.3. The topological polar surface area (TPSA) is 57.7 Å². The number of alkyl halides is 3. The smallest absolute Gasteiger partial charge is 0.336 e. The van der Waals surface area contributed by atoms with Crippen LogP contribution in [0.15, 0.2) is 41.3 Å². The number of amides is 1. The lowest BCUT2D eigenvalue weighted by atomic mass is 10.1. The van der Waals surface area contributed by atoms with Crippen LogP contribution in [0, 0.1) is 5.82 Å². The molecule has 0 bridgehead atoms. The number of carbonyl (C=O) groups excluding carboxylic acids is 1. The first kappa shape index (κ1) is 22.8. The van der Waals surface area contributed by atoms with Gasteiger partial charge in [0.2, 0.25) is 10.0 Å². The Balaban J connectivity index is 1.76. The van der Waals surface area contributed by atoms with Crippen molar-refractivity contribution in [1.29, 1.82) is 0 Å². The summed E-state index contributed by atoms with van der Waals surface area (Å²) in [6, 6.07) is 6.18. The van der Waals surface area contributed by atoms with Gasteiger partial charge in [-0.15, -0.1) is 0 Å². The minimum Gasteiger partial charge on any atom is -0.336 e. The quantitative estimate of drug-likeness (QED) is 0.610. The standard InChI is InChI=1S/C18H14Cl2F4N2O3S/c19-13-2-1-3-15(16(13)20)30(28,29)26-8-6-25(7-9-26)17(27)11-4-5-14(21)12(10-11)18(22,23)24/h1-5,10H,6-9H2. The van der Waals surface area contributed by atoms with Crippen LogP contribution in [-0.4, -0.2) is 49.7 Å². The largest absolute Gasteiger partial charge is 0.419 e. The molecule has 0 aliphatic carbocycles. The Morgan fingerprint density at radius 1 is 1.00 bits per heavy atom. The average molecular weight is 485 g/mol. The van der Waals surface area contributed by atoms with Crippen LogP contribution in [0.5, 0.6) is 0 Å². The SMILES string of the molecule is O=C(c1ccc(F)c(C(F)(F)F)c1)N1CCN(S(=O)(=O)c2cccc(Cl)c2Cl)CC1. The van der Waals surface area contributed by atoms with Gasteiger partial charge < -0.3 is 4.90 Å². The molecule has 0 spiro atoms. The first-order valence-electron chi connectivity index (χ1n) is 8.53. The lowest BCUT2D eigenvalue weighted by molar-refractivity contribution is -0.140. The van der Waals surface area contributed by atoms with E-state index in [2.05, 4.69) is 0 Å². The lowest BCUT2D eigenvalue weighted by Gasteiger charge is -2.34. The van der Waals surface area contributed by atoms with E-state index in [0.29, 0.717) is 12.1 Å². The molecule has 1 amide bonds. The summed E-state index contributed by atoms with van der Waals surface area (Å²) in [5.74, 6) is -2.23. The molecule has 3 rings (SSSR count). The second kappa shape index (κ2) is 8.33. The normalized spacial score (nSPS) is 16.0. The number of hydrogen-bond donors (Lipinski definition) is 0. The van der Waals surface area contributed by atoms with E-state index < -0.39 is 33.5 Å². The second-order valence-corrected chi connectivity index (χ2v) is 9.13. The van der Waals surface area contributed by atoms with Crippen molar-refractivity contribution >= 4 is 39.1 Å². The summed E-state index contributed by atoms with van der Waals surface area (Å²) < 4.78 is 78.8. The van der Waals surface area contributed by atoms with Crippen LogP contribution in [0.25, 0.3) is 0 Å². The molecule has 0 radical (unpaired) electrons. The Hall–Kier alpha value is -1.88. The van der Waals surface area contributed by atoms with Crippen molar-refractivity contribution in [3.05, 3.63) is 63.4 Å². The number of sulfonamides is 1. The van der Waals surface area contributed by atoms with Gasteiger partial charge in [-0.3, -0.25) is 4.79 Å². The molecular weight excluding hydrogens is 471 g/mol. The van der Waals surface area contributed by atoms with Crippen molar-refractivity contribution in [2.75, 3.05) is 26.2 Å². The number of hydrogen-bond acceptors (Lipinski definition) is 3. The highest BCUT2D eigenvalue weighted by Crippen LogP contribution is 2.33. The Morgan fingerprint density at radius 3 is 2.23 bits per heavy atom. The van der Waals surface area contributed by atoms with Crippen LogP contribution in [0.4, 0.5) is 17.6 Å². The van der Waals surface area contributed by atoms with Crippen molar-refractivity contribution in [2.45, 2.75) is 11.1 Å². The number of halogens is 6. The maximum Gasteiger partial charge on any atom is 0.419 e. The van der Waals surface area contributed by atoms with E-state index in [1.54, 1.807) is 0 Å². The van der Waals surface area contributed by atoms with Gasteiger partial charge in [0, 0.05) is 31.7 Å². The average Bonchev–Trinajstić information content (AvgIpc) is 2.69. The molecule has 5 nitrogen and oxygen atoms in total. The van der Waals surface area contributed by atoms with Gasteiger partial charge in [-0.2, -0.15) is 17.5 Å². The predicted molar refractivity (Wildman–Crippen MR) is 103 cm³/mol. The van der Waals surface area contributed by atoms with Crippen molar-refractivity contribution in [2.24, 2.45) is 0 Å². The Bertz CT molecular complexity index is 1090. The zero-order valence-electron chi connectivity index (χ0n) is 15.1. The van der Waals surface area contributed by atoms with Crippen LogP contribution < -0.4 is 0 Å². The van der Waals surface area contributed by atoms with Gasteiger partial charge >= 0.3 is 6.18 Å². The maximum atomic E-state index is 13.4. The molecule has 1 aliphatic rings. The molecule has 1 saturated heterocycles. The van der Waals surface area contributed by atoms with Crippen LogP contribution in [0.1, 0.15) is 15.9 Å². The number of rotatable bonds is 3. The molecule has 1 fully saturated rings. The van der Waals surface area contributed by atoms with E-state index in [0.717, 1.165) is 10.4 Å². The molecule has 162 valence electrons. The summed E-state index contributed by atoms with van der Waals surface area (Å²) in [7, 11) is -3.98. The molecule has 30 heavy (non-hydrogen) atoms. The van der Waals surface area contributed by atoms with Crippen LogP contribution in [-0.2, 0) is 16.2 Å². The first-order chi connectivity index (χ1) is 13.9. The van der Waals surface area contributed by atoms with E-state index in [1.807, 2.05) is 0 Å². The summed E-state index contributed by atoms with van der Waals surface area (Å²) in [4.78, 5) is 13.6. The third kappa shape index (κ3) is 4.41. The molecule has 2 aromatic rings. The third-order valence-electron chi connectivity index (χ3n) is 4.58. The highest BCUT2D eigenvalue weighted by atomic mass is 35.5. The van der Waals surface area contributed by atoms with E-state index in [4.69, 9.17) is 23.2 Å². The van der Waals surface area contributed by atoms with Crippen molar-refractivity contribution in [3.63, 3.8) is 0 Å². The van der Waals surface area contributed by atoms with Gasteiger partial charge in [0.05, 0.1) is 15.6 Å². The van der Waals surface area contributed by atoms with Gasteiger partial charge in [0.15, 0.2) is 0 Å². The zero-order valence-corrected chi connectivity index (χ0v) is 17.4. The summed E-state index contributed by atoms with van der Waals surface area (Å²) in [6.07, 6.45) is -4.94. The Kier molecular flexibility index (Phi) is 6.33. The van der Waals surface area contributed by atoms with E-state index in [9.17, 15) is 30.8 Å². The van der Waals surface area contributed by atoms with Gasteiger partial charge in [-0.05, 0) is 30.3 Å². The molecular formula is C18H14Cl2F4N2O3S. The fourth-order valence-corrected chi connectivity index (χ4v) is 5.17. The maximum absolute atomic E-state index is 13.4. The number of nitrogens with zero attached hydrogens (tertiary/aromatic N) is 2. The molecule has 12 heteroatoms. The highest BCUT2D eigenvalue weighted by Gasteiger charge is 2.36. The first-order valence-corrected chi connectivity index (χ1v) is 10.7. The van der Waals surface area contributed by atoms with Crippen LogP contribution in [0.2, 0.25) is 10.0 Å². The number of benzene rings is 2. The van der Waals surface area contributed by atoms with Crippen molar-refractivity contribution in [1.82, 2.24) is 9.21 Å². The van der Waals surface area contributed by atoms with E-state index in [-0.39, 0.29) is 46.7 Å². The molecule has 0 aromatic heterocycles. The summed E-state index contributed by atoms with van der Waals surface area (Å²) in [5, 5.41) is -0.0491. The fraction of sp³-hybridized carbons (Fsp3) is 0.278. The van der Waals surface area contributed by atoms with Gasteiger partial charge in [-0.25, -0.2) is 12.8 Å². The van der Waals surface area contributed by atoms with Gasteiger partial charge in [-0.1, -0.05) is 29.3 Å². The van der Waals surface area contributed by atoms with Crippen LogP contribution >= 0.6 is 23.2 Å². The Morgan fingerprint density at radius 2 is 1.63 bits per heavy atom. The number of piperazine rings is 1. The van der Waals surface area contributed by atoms with E-state index in [1.165, 1.54) is 23.1 Å². The van der Waals surface area contributed by atoms with Crippen LogP contribution in [0.3, 0.4) is 0 Å². The van der Waals surface area contributed by atoms with Gasteiger partial charge in [0.25, 0.3) is 5.91 Å². The minimum atomic E-state index is -4.94. The fourth-order valence-electron chi connectivity index (χ4n) is 3.01. The highest BCUT2D eigenvalue weighted by molar-refractivity contribution is 7.89. The second-order valence-electron chi connectivity index (χ2n) is 6.44. The van der Waals surface area contributed by atoms with Crippen molar-refractivity contribution < 1.29 is 30.8 Å². The molecule has 0 N–H and O–H groups in total. The third-order valence-corrected chi connectivity index (χ3v) is 7.45. The van der Waals surface area contributed by atoms with Gasteiger partial charge in [0.1, 0.15) is 10.7 Å². The molecule has 2 aromatic carbocycles. The predicted octanol–water partition coefficient (Wildman–Crippen LogP) is 4.30. The monoisotopic (exact) mass is 484 g/mol. The number of carbonyl (C=O) groups is 1. The summed E-state index contributed by atoms with van der Waals surface area (Å²) in [6.45, 7) is -0.307. The minimum absolute atomic E-state index is 0.0605. The molecule has 0 unspecified atom stereocenters. The lowest BCUT2D eigenvalue weighted by Crippen LogP contribution is -2.50. The molecule has 0 saturated carbocycles. The van der Waals surface area contributed by atoms with E-state index >= 15 is 0 Å². The Labute approximate surface area is 179 Å². The summed E-state index contributed by atoms with van der Waals surface area (Å²) >= 11 is 11.9. The van der Waals surface area contributed by atoms with Crippen molar-refractivity contribution in [3.8, 4) is 0 Å². The summed E-state index contributed by atoms with van der Waals surface area (Å²) in [5.41, 5.74) is -1.87. The molecule has 1 heterocycles. The molecule has 0 atom stereocenters. The molecule has 1 aliphatic heterocycles.